The van der Waals surface area contributed by atoms with Crippen molar-refractivity contribution in [3.8, 4) is 0 Å². The third-order valence-electron chi connectivity index (χ3n) is 3.15. The van der Waals surface area contributed by atoms with Gasteiger partial charge in [0.15, 0.2) is 0 Å². The molecular formula is C14H16N2O4S. The number of amides is 2. The van der Waals surface area contributed by atoms with Crippen LogP contribution in [0.1, 0.15) is 23.3 Å². The van der Waals surface area contributed by atoms with Crippen LogP contribution in [0, 0.1) is 0 Å². The lowest BCUT2D eigenvalue weighted by atomic mass is 10.2. The number of hydrogen-bond acceptors (Lipinski definition) is 4. The van der Waals surface area contributed by atoms with Gasteiger partial charge in [-0.25, -0.2) is 4.79 Å². The first kappa shape index (κ1) is 15.2. The van der Waals surface area contributed by atoms with Crippen LogP contribution >= 0.6 is 11.3 Å². The van der Waals surface area contributed by atoms with E-state index in [-0.39, 0.29) is 11.8 Å². The molecule has 1 unspecified atom stereocenters. The van der Waals surface area contributed by atoms with Gasteiger partial charge in [0, 0.05) is 31.0 Å². The zero-order valence-electron chi connectivity index (χ0n) is 11.5. The Morgan fingerprint density at radius 2 is 2.33 bits per heavy atom. The summed E-state index contributed by atoms with van der Waals surface area (Å²) < 4.78 is 0. The molecule has 112 valence electrons. The number of carbonyl (C=O) groups excluding carboxylic acids is 2. The van der Waals surface area contributed by atoms with E-state index in [4.69, 9.17) is 5.11 Å². The van der Waals surface area contributed by atoms with Gasteiger partial charge in [-0.1, -0.05) is 0 Å². The Kier molecular flexibility index (Phi) is 4.74. The van der Waals surface area contributed by atoms with E-state index >= 15 is 0 Å². The van der Waals surface area contributed by atoms with Crippen LogP contribution in [0.25, 0.3) is 6.08 Å². The van der Waals surface area contributed by atoms with Crippen molar-refractivity contribution in [2.24, 2.45) is 0 Å². The number of carboxylic acids is 1. The van der Waals surface area contributed by atoms with Gasteiger partial charge >= 0.3 is 5.97 Å². The maximum atomic E-state index is 12.1. The Balaban J connectivity index is 1.93. The van der Waals surface area contributed by atoms with Crippen molar-refractivity contribution in [3.05, 3.63) is 28.0 Å². The molecule has 1 aromatic heterocycles. The minimum atomic E-state index is -0.991. The van der Waals surface area contributed by atoms with Crippen LogP contribution in [0.2, 0.25) is 0 Å². The number of carboxylic acid groups (broad SMARTS) is 1. The van der Waals surface area contributed by atoms with Crippen LogP contribution in [0.5, 0.6) is 0 Å². The SMILES string of the molecule is CN(Cc1csc(C=CC(=O)O)c1)C(=O)C1CCC(=O)N1. The van der Waals surface area contributed by atoms with E-state index in [1.54, 1.807) is 11.9 Å². The molecule has 0 aromatic carbocycles. The number of aliphatic carboxylic acids is 1. The van der Waals surface area contributed by atoms with Crippen LogP contribution in [0.3, 0.4) is 0 Å². The molecule has 21 heavy (non-hydrogen) atoms. The third-order valence-corrected chi connectivity index (χ3v) is 4.10. The summed E-state index contributed by atoms with van der Waals surface area (Å²) in [4.78, 5) is 36.1. The molecule has 0 aliphatic carbocycles. The molecule has 6 nitrogen and oxygen atoms in total. The van der Waals surface area contributed by atoms with E-state index in [1.165, 1.54) is 17.4 Å². The summed E-state index contributed by atoms with van der Waals surface area (Å²) in [5.74, 6) is -1.18. The van der Waals surface area contributed by atoms with Crippen molar-refractivity contribution in [3.63, 3.8) is 0 Å². The highest BCUT2D eigenvalue weighted by Gasteiger charge is 2.29. The predicted molar refractivity (Wildman–Crippen MR) is 78.6 cm³/mol. The van der Waals surface area contributed by atoms with Gasteiger partial charge in [0.05, 0.1) is 0 Å². The van der Waals surface area contributed by atoms with Crippen molar-refractivity contribution >= 4 is 35.2 Å². The number of nitrogens with one attached hydrogen (secondary N) is 1. The highest BCUT2D eigenvalue weighted by Crippen LogP contribution is 2.18. The maximum absolute atomic E-state index is 12.1. The Labute approximate surface area is 126 Å². The van der Waals surface area contributed by atoms with Crippen molar-refractivity contribution in [2.45, 2.75) is 25.4 Å². The average molecular weight is 308 g/mol. The highest BCUT2D eigenvalue weighted by molar-refractivity contribution is 7.11. The molecule has 0 saturated carbocycles. The van der Waals surface area contributed by atoms with Crippen LogP contribution in [0.4, 0.5) is 0 Å². The minimum Gasteiger partial charge on any atom is -0.478 e. The number of thiophene rings is 1. The van der Waals surface area contributed by atoms with Crippen molar-refractivity contribution in [1.29, 1.82) is 0 Å². The maximum Gasteiger partial charge on any atom is 0.328 e. The van der Waals surface area contributed by atoms with E-state index in [0.717, 1.165) is 16.5 Å². The standard InChI is InChI=1S/C14H16N2O4S/c1-16(14(20)11-3-4-12(17)15-11)7-9-6-10(21-8-9)2-5-13(18)19/h2,5-6,8,11H,3-4,7H2,1H3,(H,15,17)(H,18,19). The first-order chi connectivity index (χ1) is 9.95. The molecule has 2 rings (SSSR count). The molecule has 2 N–H and O–H groups in total. The lowest BCUT2D eigenvalue weighted by Crippen LogP contribution is -2.42. The Morgan fingerprint density at radius 3 is 2.95 bits per heavy atom. The van der Waals surface area contributed by atoms with Gasteiger partial charge < -0.3 is 15.3 Å². The van der Waals surface area contributed by atoms with Crippen molar-refractivity contribution in [1.82, 2.24) is 10.2 Å². The fraction of sp³-hybridized carbons (Fsp3) is 0.357. The summed E-state index contributed by atoms with van der Waals surface area (Å²) in [6.07, 6.45) is 3.54. The van der Waals surface area contributed by atoms with Gasteiger partial charge in [0.1, 0.15) is 6.04 Å². The fourth-order valence-electron chi connectivity index (χ4n) is 2.14. The summed E-state index contributed by atoms with van der Waals surface area (Å²) in [6, 6.07) is 1.42. The molecule has 2 heterocycles. The zero-order valence-corrected chi connectivity index (χ0v) is 12.4. The van der Waals surface area contributed by atoms with Crippen LogP contribution < -0.4 is 5.32 Å². The lowest BCUT2D eigenvalue weighted by Gasteiger charge is -2.20. The van der Waals surface area contributed by atoms with Gasteiger partial charge in [0.25, 0.3) is 0 Å². The van der Waals surface area contributed by atoms with Crippen LogP contribution in [-0.4, -0.2) is 40.9 Å². The highest BCUT2D eigenvalue weighted by atomic mass is 32.1. The third kappa shape index (κ3) is 4.16. The topological polar surface area (TPSA) is 86.7 Å². The van der Waals surface area contributed by atoms with Gasteiger partial charge in [-0.05, 0) is 29.5 Å². The first-order valence-corrected chi connectivity index (χ1v) is 7.36. The number of carbonyl (C=O) groups is 3. The lowest BCUT2D eigenvalue weighted by molar-refractivity contribution is -0.133. The molecule has 1 aliphatic rings. The van der Waals surface area contributed by atoms with Gasteiger partial charge in [-0.2, -0.15) is 0 Å². The molecule has 2 amide bonds. The van der Waals surface area contributed by atoms with E-state index in [2.05, 4.69) is 5.32 Å². The van der Waals surface area contributed by atoms with Gasteiger partial charge in [-0.3, -0.25) is 9.59 Å². The molecule has 7 heteroatoms. The van der Waals surface area contributed by atoms with E-state index in [1.807, 2.05) is 11.4 Å². The van der Waals surface area contributed by atoms with Crippen molar-refractivity contribution < 1.29 is 19.5 Å². The first-order valence-electron chi connectivity index (χ1n) is 6.48. The number of hydrogen-bond donors (Lipinski definition) is 2. The molecule has 1 atom stereocenters. The summed E-state index contributed by atoms with van der Waals surface area (Å²) in [7, 11) is 1.69. The minimum absolute atomic E-state index is 0.0848. The Bertz CT molecular complexity index is 594. The molecule has 1 saturated heterocycles. The van der Waals surface area contributed by atoms with Crippen LogP contribution in [0.15, 0.2) is 17.5 Å². The summed E-state index contributed by atoms with van der Waals surface area (Å²) >= 11 is 1.42. The number of likely N-dealkylation sites (N-methyl/N-ethyl adjacent to an activating group) is 1. The normalized spacial score (nSPS) is 18.0. The number of nitrogens with zero attached hydrogens (tertiary/aromatic N) is 1. The molecular weight excluding hydrogens is 292 g/mol. The molecule has 0 radical (unpaired) electrons. The zero-order chi connectivity index (χ0) is 15.4. The smallest absolute Gasteiger partial charge is 0.328 e. The predicted octanol–water partition coefficient (Wildman–Crippen LogP) is 1.08. The summed E-state index contributed by atoms with van der Waals surface area (Å²) in [6.45, 7) is 0.433. The van der Waals surface area contributed by atoms with Gasteiger partial charge in [-0.15, -0.1) is 11.3 Å². The quantitative estimate of drug-likeness (QED) is 0.797. The van der Waals surface area contributed by atoms with E-state index in [9.17, 15) is 14.4 Å². The molecule has 1 aromatic rings. The fourth-order valence-corrected chi connectivity index (χ4v) is 2.93. The van der Waals surface area contributed by atoms with E-state index < -0.39 is 12.0 Å². The molecule has 1 fully saturated rings. The van der Waals surface area contributed by atoms with E-state index in [0.29, 0.717) is 19.4 Å². The molecule has 0 spiro atoms. The number of rotatable bonds is 5. The largest absolute Gasteiger partial charge is 0.478 e. The summed E-state index contributed by atoms with van der Waals surface area (Å²) in [5.41, 5.74) is 0.935. The van der Waals surface area contributed by atoms with Crippen LogP contribution in [-0.2, 0) is 20.9 Å². The second-order valence-electron chi connectivity index (χ2n) is 4.88. The second-order valence-corrected chi connectivity index (χ2v) is 5.82. The summed E-state index contributed by atoms with van der Waals surface area (Å²) in [5, 5.41) is 13.1. The van der Waals surface area contributed by atoms with Gasteiger partial charge in [0.2, 0.25) is 11.8 Å². The molecule has 0 bridgehead atoms. The second kappa shape index (κ2) is 6.53. The molecule has 1 aliphatic heterocycles. The Hall–Kier alpha value is -2.15. The van der Waals surface area contributed by atoms with Crippen molar-refractivity contribution in [2.75, 3.05) is 7.05 Å². The Morgan fingerprint density at radius 1 is 1.57 bits per heavy atom. The average Bonchev–Trinajstić information content (AvgIpc) is 3.04. The monoisotopic (exact) mass is 308 g/mol.